The van der Waals surface area contributed by atoms with Crippen LogP contribution in [0, 0.1) is 6.92 Å². The molecule has 29 heavy (non-hydrogen) atoms. The number of aryl methyl sites for hydroxylation is 1. The van der Waals surface area contributed by atoms with E-state index in [1.165, 1.54) is 12.0 Å². The molecule has 1 heterocycles. The van der Waals surface area contributed by atoms with Crippen molar-refractivity contribution in [2.75, 3.05) is 13.7 Å². The van der Waals surface area contributed by atoms with Gasteiger partial charge in [0.25, 0.3) is 11.7 Å². The van der Waals surface area contributed by atoms with Crippen LogP contribution in [-0.2, 0) is 14.4 Å². The number of carboxylic acid groups (broad SMARTS) is 1. The average molecular weight is 395 g/mol. The fourth-order valence-electron chi connectivity index (χ4n) is 3.35. The maximum Gasteiger partial charge on any atom is 0.305 e. The molecule has 1 fully saturated rings. The molecule has 150 valence electrons. The number of rotatable bonds is 6. The minimum absolute atomic E-state index is 0.0718. The number of hydrogen-bond donors (Lipinski definition) is 2. The van der Waals surface area contributed by atoms with Crippen LogP contribution in [0.4, 0.5) is 0 Å². The van der Waals surface area contributed by atoms with Gasteiger partial charge in [0.05, 0.1) is 25.1 Å². The SMILES string of the molecule is COc1cccc([C@H]2C(=C(O)c3ccc(C)cc3)C(=O)C(=O)N2CCC(=O)O)c1. The summed E-state index contributed by atoms with van der Waals surface area (Å²) in [6.45, 7) is 1.73. The summed E-state index contributed by atoms with van der Waals surface area (Å²) in [6, 6.07) is 12.8. The molecule has 2 aromatic carbocycles. The molecule has 0 radical (unpaired) electrons. The second kappa shape index (κ2) is 8.18. The zero-order chi connectivity index (χ0) is 21.1. The monoisotopic (exact) mass is 395 g/mol. The van der Waals surface area contributed by atoms with E-state index in [1.54, 1.807) is 48.5 Å². The average Bonchev–Trinajstić information content (AvgIpc) is 2.97. The highest BCUT2D eigenvalue weighted by Gasteiger charge is 2.46. The van der Waals surface area contributed by atoms with Gasteiger partial charge in [-0.1, -0.05) is 42.0 Å². The topological polar surface area (TPSA) is 104 Å². The molecule has 1 aliphatic heterocycles. The molecule has 0 aliphatic carbocycles. The molecule has 2 aromatic rings. The maximum atomic E-state index is 12.8. The van der Waals surface area contributed by atoms with Crippen molar-refractivity contribution in [3.63, 3.8) is 0 Å². The Morgan fingerprint density at radius 3 is 2.41 bits per heavy atom. The third-order valence-corrected chi connectivity index (χ3v) is 4.84. The highest BCUT2D eigenvalue weighted by atomic mass is 16.5. The van der Waals surface area contributed by atoms with Crippen LogP contribution in [-0.4, -0.2) is 46.4 Å². The Morgan fingerprint density at radius 2 is 1.79 bits per heavy atom. The van der Waals surface area contributed by atoms with Crippen LogP contribution in [0.2, 0.25) is 0 Å². The Kier molecular flexibility index (Phi) is 5.68. The number of carbonyl (C=O) groups is 3. The van der Waals surface area contributed by atoms with Gasteiger partial charge in [-0.05, 0) is 24.6 Å². The standard InChI is InChI=1S/C22H21NO6/c1-13-6-8-14(9-7-13)20(26)18-19(15-4-3-5-16(12-15)29-2)23(11-10-17(24)25)22(28)21(18)27/h3-9,12,19,26H,10-11H2,1-2H3,(H,24,25)/t19-/m0/s1. The van der Waals surface area contributed by atoms with Crippen molar-refractivity contribution >= 4 is 23.4 Å². The lowest BCUT2D eigenvalue weighted by Crippen LogP contribution is -2.31. The van der Waals surface area contributed by atoms with Gasteiger partial charge >= 0.3 is 5.97 Å². The first-order valence-electron chi connectivity index (χ1n) is 9.04. The zero-order valence-electron chi connectivity index (χ0n) is 16.1. The molecule has 1 atom stereocenters. The first-order valence-corrected chi connectivity index (χ1v) is 9.04. The van der Waals surface area contributed by atoms with Gasteiger partial charge in [0, 0.05) is 12.1 Å². The number of ketones is 1. The second-order valence-electron chi connectivity index (χ2n) is 6.78. The van der Waals surface area contributed by atoms with Crippen LogP contribution in [0.5, 0.6) is 5.75 Å². The Balaban J connectivity index is 2.16. The van der Waals surface area contributed by atoms with Crippen molar-refractivity contribution in [1.29, 1.82) is 0 Å². The predicted octanol–water partition coefficient (Wildman–Crippen LogP) is 2.90. The molecule has 1 amide bonds. The molecule has 1 aliphatic rings. The third-order valence-electron chi connectivity index (χ3n) is 4.84. The number of methoxy groups -OCH3 is 1. The summed E-state index contributed by atoms with van der Waals surface area (Å²) in [6.07, 6.45) is -0.321. The molecule has 3 rings (SSSR count). The number of aliphatic hydroxyl groups is 1. The summed E-state index contributed by atoms with van der Waals surface area (Å²) >= 11 is 0. The molecule has 1 saturated heterocycles. The minimum atomic E-state index is -1.09. The first kappa shape index (κ1) is 20.1. The van der Waals surface area contributed by atoms with Crippen LogP contribution < -0.4 is 4.74 Å². The lowest BCUT2D eigenvalue weighted by Gasteiger charge is -2.25. The zero-order valence-corrected chi connectivity index (χ0v) is 16.1. The summed E-state index contributed by atoms with van der Waals surface area (Å²) in [7, 11) is 1.49. The normalized spacial score (nSPS) is 18.1. The largest absolute Gasteiger partial charge is 0.507 e. The van der Waals surface area contributed by atoms with E-state index in [-0.39, 0.29) is 24.3 Å². The molecule has 0 unspecified atom stereocenters. The van der Waals surface area contributed by atoms with Crippen LogP contribution in [0.1, 0.15) is 29.2 Å². The number of amides is 1. The molecule has 0 aromatic heterocycles. The lowest BCUT2D eigenvalue weighted by atomic mass is 9.95. The predicted molar refractivity (Wildman–Crippen MR) is 105 cm³/mol. The number of carbonyl (C=O) groups excluding carboxylic acids is 2. The van der Waals surface area contributed by atoms with E-state index in [0.717, 1.165) is 5.56 Å². The summed E-state index contributed by atoms with van der Waals surface area (Å²) in [5.74, 6) is -2.56. The summed E-state index contributed by atoms with van der Waals surface area (Å²) in [5, 5.41) is 19.9. The van der Waals surface area contributed by atoms with Gasteiger partial charge in [-0.2, -0.15) is 0 Å². The van der Waals surface area contributed by atoms with Crippen LogP contribution in [0.15, 0.2) is 54.1 Å². The van der Waals surface area contributed by atoms with Crippen molar-refractivity contribution in [1.82, 2.24) is 4.90 Å². The van der Waals surface area contributed by atoms with E-state index in [2.05, 4.69) is 0 Å². The van der Waals surface area contributed by atoms with Crippen molar-refractivity contribution < 1.29 is 29.3 Å². The van der Waals surface area contributed by atoms with Gasteiger partial charge in [0.15, 0.2) is 0 Å². The van der Waals surface area contributed by atoms with Crippen LogP contribution in [0.3, 0.4) is 0 Å². The molecule has 7 heteroatoms. The van der Waals surface area contributed by atoms with E-state index in [9.17, 15) is 19.5 Å². The lowest BCUT2D eigenvalue weighted by molar-refractivity contribution is -0.142. The Labute approximate surface area is 167 Å². The Morgan fingerprint density at radius 1 is 1.10 bits per heavy atom. The van der Waals surface area contributed by atoms with E-state index >= 15 is 0 Å². The maximum absolute atomic E-state index is 12.8. The Bertz CT molecular complexity index is 993. The van der Waals surface area contributed by atoms with Gasteiger partial charge in [0.1, 0.15) is 11.5 Å². The van der Waals surface area contributed by atoms with Crippen molar-refractivity contribution in [2.45, 2.75) is 19.4 Å². The fraction of sp³-hybridized carbons (Fsp3) is 0.227. The summed E-state index contributed by atoms with van der Waals surface area (Å²) in [5.41, 5.74) is 1.85. The number of ether oxygens (including phenoxy) is 1. The molecule has 0 bridgehead atoms. The number of likely N-dealkylation sites (tertiary alicyclic amines) is 1. The highest BCUT2D eigenvalue weighted by Crippen LogP contribution is 2.40. The smallest absolute Gasteiger partial charge is 0.305 e. The molecule has 0 spiro atoms. The van der Waals surface area contributed by atoms with Gasteiger partial charge < -0.3 is 19.8 Å². The fourth-order valence-corrected chi connectivity index (χ4v) is 3.35. The quantitative estimate of drug-likeness (QED) is 0.443. The molecular formula is C22H21NO6. The van der Waals surface area contributed by atoms with E-state index in [0.29, 0.717) is 16.9 Å². The number of nitrogens with zero attached hydrogens (tertiary/aromatic N) is 1. The van der Waals surface area contributed by atoms with Crippen molar-refractivity contribution in [3.8, 4) is 5.75 Å². The van der Waals surface area contributed by atoms with E-state index < -0.39 is 23.7 Å². The van der Waals surface area contributed by atoms with E-state index in [4.69, 9.17) is 9.84 Å². The van der Waals surface area contributed by atoms with Gasteiger partial charge in [0.2, 0.25) is 0 Å². The number of carboxylic acids is 1. The number of benzene rings is 2. The number of hydrogen-bond acceptors (Lipinski definition) is 5. The summed E-state index contributed by atoms with van der Waals surface area (Å²) in [4.78, 5) is 37.7. The molecule has 2 N–H and O–H groups in total. The first-order chi connectivity index (χ1) is 13.8. The van der Waals surface area contributed by atoms with Crippen LogP contribution >= 0.6 is 0 Å². The van der Waals surface area contributed by atoms with Gasteiger partial charge in [-0.25, -0.2) is 0 Å². The van der Waals surface area contributed by atoms with Crippen molar-refractivity contribution in [3.05, 3.63) is 70.8 Å². The number of aliphatic hydroxyl groups excluding tert-OH is 1. The number of aliphatic carboxylic acids is 1. The summed E-state index contributed by atoms with van der Waals surface area (Å²) < 4.78 is 5.23. The van der Waals surface area contributed by atoms with Crippen molar-refractivity contribution in [2.24, 2.45) is 0 Å². The molecular weight excluding hydrogens is 374 g/mol. The molecule has 0 saturated carbocycles. The Hall–Kier alpha value is -3.61. The molecule has 7 nitrogen and oxygen atoms in total. The van der Waals surface area contributed by atoms with Gasteiger partial charge in [-0.15, -0.1) is 0 Å². The highest BCUT2D eigenvalue weighted by molar-refractivity contribution is 6.46. The van der Waals surface area contributed by atoms with Gasteiger partial charge in [-0.3, -0.25) is 14.4 Å². The second-order valence-corrected chi connectivity index (χ2v) is 6.78. The minimum Gasteiger partial charge on any atom is -0.507 e. The number of Topliss-reactive ketones (excluding diaryl/α,β-unsaturated/α-hetero) is 1. The van der Waals surface area contributed by atoms with Crippen LogP contribution in [0.25, 0.3) is 5.76 Å². The van der Waals surface area contributed by atoms with E-state index in [1.807, 2.05) is 6.92 Å². The third kappa shape index (κ3) is 3.99.